The zero-order valence-corrected chi connectivity index (χ0v) is 8.79. The number of pyridine rings is 1. The van der Waals surface area contributed by atoms with Crippen LogP contribution in [0.15, 0.2) is 30.9 Å². The smallest absolute Gasteiger partial charge is 0.295 e. The van der Waals surface area contributed by atoms with E-state index >= 15 is 0 Å². The van der Waals surface area contributed by atoms with Crippen molar-refractivity contribution < 1.29 is 4.79 Å². The molecule has 1 amide bonds. The van der Waals surface area contributed by atoms with E-state index in [-0.39, 0.29) is 11.7 Å². The second kappa shape index (κ2) is 4.52. The number of amides is 1. The first-order valence-corrected chi connectivity index (χ1v) is 4.90. The van der Waals surface area contributed by atoms with Gasteiger partial charge < -0.3 is 4.90 Å². The summed E-state index contributed by atoms with van der Waals surface area (Å²) in [5.41, 5.74) is 0.791. The van der Waals surface area contributed by atoms with E-state index in [0.29, 0.717) is 6.54 Å². The Labute approximate surface area is 92.3 Å². The number of nitrogens with one attached hydrogen (secondary N) is 1. The van der Waals surface area contributed by atoms with Crippen LogP contribution in [0, 0.1) is 0 Å². The van der Waals surface area contributed by atoms with Gasteiger partial charge in [0.25, 0.3) is 5.91 Å². The number of hydrogen-bond donors (Lipinski definition) is 1. The highest BCUT2D eigenvalue weighted by atomic mass is 16.2. The lowest BCUT2D eigenvalue weighted by Crippen LogP contribution is -2.31. The maximum absolute atomic E-state index is 12.0. The monoisotopic (exact) mass is 217 g/mol. The third kappa shape index (κ3) is 1.90. The van der Waals surface area contributed by atoms with Gasteiger partial charge in [-0.05, 0) is 19.1 Å². The molecule has 0 atom stereocenters. The van der Waals surface area contributed by atoms with Crippen LogP contribution >= 0.6 is 0 Å². The molecule has 6 nitrogen and oxygen atoms in total. The lowest BCUT2D eigenvalue weighted by atomic mass is 10.3. The molecule has 0 aliphatic carbocycles. The normalized spacial score (nSPS) is 10.1. The van der Waals surface area contributed by atoms with Gasteiger partial charge in [0.05, 0.1) is 0 Å². The van der Waals surface area contributed by atoms with E-state index in [1.54, 1.807) is 29.4 Å². The second-order valence-corrected chi connectivity index (χ2v) is 3.09. The average Bonchev–Trinajstić information content (AvgIpc) is 2.85. The van der Waals surface area contributed by atoms with Crippen LogP contribution in [0.3, 0.4) is 0 Å². The Hall–Kier alpha value is -2.24. The molecule has 0 radical (unpaired) electrons. The van der Waals surface area contributed by atoms with Crippen molar-refractivity contribution in [3.8, 4) is 0 Å². The van der Waals surface area contributed by atoms with Gasteiger partial charge in [0.2, 0.25) is 5.82 Å². The molecule has 0 unspecified atom stereocenters. The zero-order valence-electron chi connectivity index (χ0n) is 8.79. The predicted octanol–water partition coefficient (Wildman–Crippen LogP) is 0.866. The molecular formula is C10H11N5O. The van der Waals surface area contributed by atoms with Crippen LogP contribution in [0.5, 0.6) is 0 Å². The highest BCUT2D eigenvalue weighted by Gasteiger charge is 2.18. The molecule has 2 heterocycles. The first-order valence-electron chi connectivity index (χ1n) is 4.90. The molecule has 1 N–H and O–H groups in total. The molecule has 0 spiro atoms. The number of H-pyrrole nitrogens is 1. The van der Waals surface area contributed by atoms with Crippen molar-refractivity contribution in [3.05, 3.63) is 36.7 Å². The Kier molecular flexibility index (Phi) is 2.90. The molecule has 2 aromatic rings. The van der Waals surface area contributed by atoms with Crippen molar-refractivity contribution in [3.63, 3.8) is 0 Å². The van der Waals surface area contributed by atoms with Crippen LogP contribution < -0.4 is 4.90 Å². The summed E-state index contributed by atoms with van der Waals surface area (Å²) < 4.78 is 0. The van der Waals surface area contributed by atoms with Crippen molar-refractivity contribution in [2.24, 2.45) is 0 Å². The number of rotatable bonds is 3. The molecule has 0 saturated heterocycles. The number of carbonyl (C=O) groups excluding carboxylic acids is 1. The van der Waals surface area contributed by atoms with Crippen LogP contribution in [0.25, 0.3) is 0 Å². The number of aromatic amines is 1. The maximum Gasteiger partial charge on any atom is 0.295 e. The van der Waals surface area contributed by atoms with Crippen molar-refractivity contribution in [1.82, 2.24) is 20.2 Å². The molecular weight excluding hydrogens is 206 g/mol. The molecule has 0 fully saturated rings. The number of aromatic nitrogens is 4. The summed E-state index contributed by atoms with van der Waals surface area (Å²) in [4.78, 5) is 21.4. The van der Waals surface area contributed by atoms with E-state index in [1.165, 1.54) is 6.33 Å². The van der Waals surface area contributed by atoms with E-state index in [4.69, 9.17) is 0 Å². The van der Waals surface area contributed by atoms with E-state index in [2.05, 4.69) is 20.2 Å². The summed E-state index contributed by atoms with van der Waals surface area (Å²) in [7, 11) is 0. The number of carbonyl (C=O) groups is 1. The van der Waals surface area contributed by atoms with Gasteiger partial charge in [0, 0.05) is 24.6 Å². The molecule has 0 saturated carbocycles. The fraction of sp³-hybridized carbons (Fsp3) is 0.200. The Morgan fingerprint density at radius 3 is 2.75 bits per heavy atom. The molecule has 0 aliphatic rings. The van der Waals surface area contributed by atoms with Gasteiger partial charge in [-0.25, -0.2) is 4.98 Å². The third-order valence-corrected chi connectivity index (χ3v) is 2.15. The van der Waals surface area contributed by atoms with E-state index in [0.717, 1.165) is 5.69 Å². The van der Waals surface area contributed by atoms with Crippen LogP contribution in [-0.2, 0) is 0 Å². The largest absolute Gasteiger partial charge is 0.306 e. The fourth-order valence-corrected chi connectivity index (χ4v) is 1.40. The molecule has 82 valence electrons. The first-order chi connectivity index (χ1) is 7.83. The standard InChI is InChI=1S/C10H11N5O/c1-2-15(8-3-5-11-6-4-8)10(16)9-12-7-13-14-9/h3-7H,2H2,1H3,(H,12,13,14). The van der Waals surface area contributed by atoms with Gasteiger partial charge in [-0.1, -0.05) is 0 Å². The summed E-state index contributed by atoms with van der Waals surface area (Å²) in [6, 6.07) is 3.55. The summed E-state index contributed by atoms with van der Waals surface area (Å²) in [5.74, 6) is 0.0323. The second-order valence-electron chi connectivity index (χ2n) is 3.09. The van der Waals surface area contributed by atoms with Gasteiger partial charge in [0.1, 0.15) is 6.33 Å². The number of hydrogen-bond acceptors (Lipinski definition) is 4. The molecule has 2 rings (SSSR count). The maximum atomic E-state index is 12.0. The predicted molar refractivity (Wildman–Crippen MR) is 58.0 cm³/mol. The summed E-state index contributed by atoms with van der Waals surface area (Å²) in [5, 5.41) is 6.21. The third-order valence-electron chi connectivity index (χ3n) is 2.15. The van der Waals surface area contributed by atoms with Crippen LogP contribution in [-0.4, -0.2) is 32.6 Å². The van der Waals surface area contributed by atoms with Crippen LogP contribution in [0.1, 0.15) is 17.5 Å². The Bertz CT molecular complexity index is 453. The summed E-state index contributed by atoms with van der Waals surface area (Å²) >= 11 is 0. The van der Waals surface area contributed by atoms with Gasteiger partial charge in [0.15, 0.2) is 0 Å². The van der Waals surface area contributed by atoms with Gasteiger partial charge in [-0.2, -0.15) is 5.10 Å². The van der Waals surface area contributed by atoms with E-state index in [9.17, 15) is 4.79 Å². The topological polar surface area (TPSA) is 74.8 Å². The van der Waals surface area contributed by atoms with Crippen molar-refractivity contribution in [2.45, 2.75) is 6.92 Å². The SMILES string of the molecule is CCN(C(=O)c1ncn[nH]1)c1ccncc1. The van der Waals surface area contributed by atoms with Gasteiger partial charge in [-0.15, -0.1) is 0 Å². The Balaban J connectivity index is 2.27. The Morgan fingerprint density at radius 1 is 1.44 bits per heavy atom. The summed E-state index contributed by atoms with van der Waals surface area (Å²) in [6.45, 7) is 2.46. The zero-order chi connectivity index (χ0) is 11.4. The molecule has 0 bridgehead atoms. The average molecular weight is 217 g/mol. The van der Waals surface area contributed by atoms with E-state index < -0.39 is 0 Å². The quantitative estimate of drug-likeness (QED) is 0.827. The minimum absolute atomic E-state index is 0.203. The van der Waals surface area contributed by atoms with Gasteiger partial charge in [-0.3, -0.25) is 14.9 Å². The van der Waals surface area contributed by atoms with Crippen molar-refractivity contribution in [1.29, 1.82) is 0 Å². The lowest BCUT2D eigenvalue weighted by molar-refractivity contribution is 0.0979. The molecule has 2 aromatic heterocycles. The van der Waals surface area contributed by atoms with Crippen LogP contribution in [0.2, 0.25) is 0 Å². The van der Waals surface area contributed by atoms with Crippen molar-refractivity contribution >= 4 is 11.6 Å². The fourth-order valence-electron chi connectivity index (χ4n) is 1.40. The molecule has 0 aliphatic heterocycles. The molecule has 6 heteroatoms. The highest BCUT2D eigenvalue weighted by Crippen LogP contribution is 2.13. The minimum atomic E-state index is -0.203. The van der Waals surface area contributed by atoms with Crippen LogP contribution in [0.4, 0.5) is 5.69 Å². The summed E-state index contributed by atoms with van der Waals surface area (Å²) in [6.07, 6.45) is 4.60. The van der Waals surface area contributed by atoms with E-state index in [1.807, 2.05) is 6.92 Å². The first kappa shape index (κ1) is 10.3. The van der Waals surface area contributed by atoms with Gasteiger partial charge >= 0.3 is 0 Å². The van der Waals surface area contributed by atoms with Crippen molar-refractivity contribution in [2.75, 3.05) is 11.4 Å². The molecule has 16 heavy (non-hydrogen) atoms. The molecule has 0 aromatic carbocycles. The number of anilines is 1. The highest BCUT2D eigenvalue weighted by molar-refractivity contribution is 6.03. The Morgan fingerprint density at radius 2 is 2.19 bits per heavy atom. The number of nitrogens with zero attached hydrogens (tertiary/aromatic N) is 4. The lowest BCUT2D eigenvalue weighted by Gasteiger charge is -2.18. The minimum Gasteiger partial charge on any atom is -0.306 e.